The summed E-state index contributed by atoms with van der Waals surface area (Å²) < 4.78 is 33.2. The minimum atomic E-state index is -3.55. The van der Waals surface area contributed by atoms with E-state index in [1.807, 2.05) is 6.92 Å². The highest BCUT2D eigenvalue weighted by molar-refractivity contribution is 7.89. The van der Waals surface area contributed by atoms with Crippen LogP contribution in [0.25, 0.3) is 10.9 Å². The second kappa shape index (κ2) is 6.82. The molecule has 0 amide bonds. The number of aromatic nitrogens is 1. The zero-order valence-electron chi connectivity index (χ0n) is 13.2. The maximum Gasteiger partial charge on any atom is 0.243 e. The maximum atomic E-state index is 13.1. The van der Waals surface area contributed by atoms with Gasteiger partial charge in [0.05, 0.1) is 11.5 Å². The third-order valence-electron chi connectivity index (χ3n) is 3.91. The van der Waals surface area contributed by atoms with Crippen LogP contribution in [0.5, 0.6) is 5.75 Å². The van der Waals surface area contributed by atoms with Gasteiger partial charge in [0.2, 0.25) is 10.0 Å². The first-order valence-electron chi connectivity index (χ1n) is 7.86. The van der Waals surface area contributed by atoms with Crippen LogP contribution in [0.15, 0.2) is 35.4 Å². The van der Waals surface area contributed by atoms with Gasteiger partial charge < -0.3 is 10.1 Å². The summed E-state index contributed by atoms with van der Waals surface area (Å²) in [6.45, 7) is 4.94. The van der Waals surface area contributed by atoms with Crippen molar-refractivity contribution in [3.8, 4) is 5.75 Å². The van der Waals surface area contributed by atoms with Crippen LogP contribution in [0.3, 0.4) is 0 Å². The average Bonchev–Trinajstić information content (AvgIpc) is 2.85. The summed E-state index contributed by atoms with van der Waals surface area (Å²) in [5.41, 5.74) is 0.586. The fourth-order valence-corrected chi connectivity index (χ4v) is 4.48. The van der Waals surface area contributed by atoms with Crippen molar-refractivity contribution in [3.05, 3.63) is 30.5 Å². The van der Waals surface area contributed by atoms with Gasteiger partial charge in [-0.2, -0.15) is 4.31 Å². The lowest BCUT2D eigenvalue weighted by Crippen LogP contribution is -2.34. The summed E-state index contributed by atoms with van der Waals surface area (Å²) in [6, 6.07) is 6.86. The highest BCUT2D eigenvalue weighted by Gasteiger charge is 2.27. The Labute approximate surface area is 136 Å². The molecule has 1 saturated heterocycles. The van der Waals surface area contributed by atoms with Crippen molar-refractivity contribution >= 4 is 20.9 Å². The zero-order valence-corrected chi connectivity index (χ0v) is 14.0. The van der Waals surface area contributed by atoms with E-state index < -0.39 is 10.0 Å². The third kappa shape index (κ3) is 3.17. The van der Waals surface area contributed by atoms with Crippen molar-refractivity contribution in [2.75, 3.05) is 32.8 Å². The summed E-state index contributed by atoms with van der Waals surface area (Å²) in [5, 5.41) is 3.83. The first-order chi connectivity index (χ1) is 11.1. The van der Waals surface area contributed by atoms with E-state index in [0.29, 0.717) is 47.8 Å². The van der Waals surface area contributed by atoms with E-state index in [1.54, 1.807) is 34.8 Å². The highest BCUT2D eigenvalue weighted by Crippen LogP contribution is 2.31. The minimum Gasteiger partial charge on any atom is -0.492 e. The molecular weight excluding hydrogens is 314 g/mol. The van der Waals surface area contributed by atoms with Gasteiger partial charge in [-0.1, -0.05) is 0 Å². The molecule has 0 radical (unpaired) electrons. The van der Waals surface area contributed by atoms with Crippen molar-refractivity contribution in [2.45, 2.75) is 18.2 Å². The molecule has 0 aliphatic carbocycles. The summed E-state index contributed by atoms with van der Waals surface area (Å²) in [6.07, 6.45) is 2.46. The lowest BCUT2D eigenvalue weighted by molar-refractivity contribution is 0.343. The minimum absolute atomic E-state index is 0.297. The number of hydrogen-bond acceptors (Lipinski definition) is 5. The third-order valence-corrected chi connectivity index (χ3v) is 5.87. The highest BCUT2D eigenvalue weighted by atomic mass is 32.2. The summed E-state index contributed by atoms with van der Waals surface area (Å²) in [4.78, 5) is 4.61. The van der Waals surface area contributed by atoms with Gasteiger partial charge >= 0.3 is 0 Å². The van der Waals surface area contributed by atoms with E-state index in [1.165, 1.54) is 0 Å². The van der Waals surface area contributed by atoms with E-state index in [2.05, 4.69) is 10.3 Å². The molecule has 1 fully saturated rings. The van der Waals surface area contributed by atoms with Crippen LogP contribution in [0.2, 0.25) is 0 Å². The standard InChI is InChI=1S/C16H21N3O3S/c1-2-22-14-6-7-15(13-5-3-9-18-16(13)14)23(20,21)19-11-4-8-17-10-12-19/h3,5-7,9,17H,2,4,8,10-12H2,1H3. The molecule has 0 spiro atoms. The van der Waals surface area contributed by atoms with Gasteiger partial charge in [-0.3, -0.25) is 4.98 Å². The van der Waals surface area contributed by atoms with Gasteiger partial charge in [0.1, 0.15) is 11.3 Å². The Morgan fingerprint density at radius 3 is 2.96 bits per heavy atom. The van der Waals surface area contributed by atoms with Crippen molar-refractivity contribution in [3.63, 3.8) is 0 Å². The predicted octanol–water partition coefficient (Wildman–Crippen LogP) is 1.62. The topological polar surface area (TPSA) is 71.5 Å². The van der Waals surface area contributed by atoms with Gasteiger partial charge in [0.25, 0.3) is 0 Å². The first kappa shape index (κ1) is 16.2. The van der Waals surface area contributed by atoms with Crippen molar-refractivity contribution in [2.24, 2.45) is 0 Å². The van der Waals surface area contributed by atoms with Crippen molar-refractivity contribution in [1.29, 1.82) is 0 Å². The molecule has 0 bridgehead atoms. The quantitative estimate of drug-likeness (QED) is 0.919. The largest absolute Gasteiger partial charge is 0.492 e. The van der Waals surface area contributed by atoms with E-state index in [-0.39, 0.29) is 0 Å². The number of ether oxygens (including phenoxy) is 1. The summed E-state index contributed by atoms with van der Waals surface area (Å²) >= 11 is 0. The molecule has 1 aromatic heterocycles. The van der Waals surface area contributed by atoms with Gasteiger partial charge in [-0.15, -0.1) is 0 Å². The zero-order chi connectivity index (χ0) is 16.3. The number of fused-ring (bicyclic) bond motifs is 1. The number of rotatable bonds is 4. The van der Waals surface area contributed by atoms with Crippen LogP contribution in [0.1, 0.15) is 13.3 Å². The smallest absolute Gasteiger partial charge is 0.243 e. The molecule has 2 heterocycles. The van der Waals surface area contributed by atoms with Crippen LogP contribution in [-0.4, -0.2) is 50.5 Å². The number of nitrogens with one attached hydrogen (secondary N) is 1. The Morgan fingerprint density at radius 2 is 2.13 bits per heavy atom. The van der Waals surface area contributed by atoms with Crippen LogP contribution >= 0.6 is 0 Å². The number of nitrogens with zero attached hydrogens (tertiary/aromatic N) is 2. The lowest BCUT2D eigenvalue weighted by atomic mass is 10.2. The SMILES string of the molecule is CCOc1ccc(S(=O)(=O)N2CCCNCC2)c2cccnc12. The maximum absolute atomic E-state index is 13.1. The molecule has 1 N–H and O–H groups in total. The Morgan fingerprint density at radius 1 is 1.26 bits per heavy atom. The molecular formula is C16H21N3O3S. The average molecular weight is 335 g/mol. The molecule has 1 aliphatic rings. The Kier molecular flexibility index (Phi) is 4.79. The van der Waals surface area contributed by atoms with E-state index in [9.17, 15) is 8.42 Å². The second-order valence-corrected chi connectivity index (χ2v) is 7.31. The molecule has 124 valence electrons. The van der Waals surface area contributed by atoms with Crippen LogP contribution in [-0.2, 0) is 10.0 Å². The molecule has 2 aromatic rings. The lowest BCUT2D eigenvalue weighted by Gasteiger charge is -2.21. The monoisotopic (exact) mass is 335 g/mol. The fourth-order valence-electron chi connectivity index (χ4n) is 2.82. The molecule has 7 heteroatoms. The van der Waals surface area contributed by atoms with Gasteiger partial charge in [-0.25, -0.2) is 8.42 Å². The number of sulfonamides is 1. The normalized spacial score (nSPS) is 17.1. The molecule has 6 nitrogen and oxygen atoms in total. The molecule has 0 atom stereocenters. The molecule has 0 unspecified atom stereocenters. The van der Waals surface area contributed by atoms with E-state index in [0.717, 1.165) is 13.0 Å². The Bertz CT molecular complexity index is 784. The van der Waals surface area contributed by atoms with Crippen LogP contribution in [0.4, 0.5) is 0 Å². The predicted molar refractivity (Wildman–Crippen MR) is 89.2 cm³/mol. The number of pyridine rings is 1. The van der Waals surface area contributed by atoms with Gasteiger partial charge in [0.15, 0.2) is 0 Å². The summed E-state index contributed by atoms with van der Waals surface area (Å²) in [5.74, 6) is 0.611. The van der Waals surface area contributed by atoms with Gasteiger partial charge in [-0.05, 0) is 44.2 Å². The van der Waals surface area contributed by atoms with Crippen LogP contribution in [0, 0.1) is 0 Å². The molecule has 3 rings (SSSR count). The first-order valence-corrected chi connectivity index (χ1v) is 9.30. The fraction of sp³-hybridized carbons (Fsp3) is 0.438. The molecule has 1 aliphatic heterocycles. The van der Waals surface area contributed by atoms with E-state index >= 15 is 0 Å². The van der Waals surface area contributed by atoms with Gasteiger partial charge in [0, 0.05) is 31.2 Å². The molecule has 1 aromatic carbocycles. The molecule has 0 saturated carbocycles. The number of benzene rings is 1. The second-order valence-electron chi connectivity index (χ2n) is 5.40. The summed E-state index contributed by atoms with van der Waals surface area (Å²) in [7, 11) is -3.55. The van der Waals surface area contributed by atoms with Crippen molar-refractivity contribution in [1.82, 2.24) is 14.6 Å². The number of hydrogen-bond donors (Lipinski definition) is 1. The Hall–Kier alpha value is -1.70. The van der Waals surface area contributed by atoms with E-state index in [4.69, 9.17) is 4.74 Å². The van der Waals surface area contributed by atoms with Crippen molar-refractivity contribution < 1.29 is 13.2 Å². The van der Waals surface area contributed by atoms with Crippen LogP contribution < -0.4 is 10.1 Å². The Balaban J connectivity index is 2.10. The molecule has 23 heavy (non-hydrogen) atoms.